The summed E-state index contributed by atoms with van der Waals surface area (Å²) in [6, 6.07) is 4.56. The molecule has 20 heavy (non-hydrogen) atoms. The van der Waals surface area contributed by atoms with Crippen LogP contribution in [0.4, 0.5) is 18.3 Å². The lowest BCUT2D eigenvalue weighted by atomic mass is 10.2. The maximum Gasteiger partial charge on any atom is 0.406 e. The molecule has 0 saturated carbocycles. The molecule has 1 heterocycles. The minimum atomic E-state index is -4.41. The molecule has 0 fully saturated rings. The van der Waals surface area contributed by atoms with Crippen molar-refractivity contribution in [3.05, 3.63) is 23.8 Å². The van der Waals surface area contributed by atoms with Gasteiger partial charge in [0.05, 0.1) is 10.2 Å². The number of benzene rings is 1. The Morgan fingerprint density at radius 3 is 2.75 bits per heavy atom. The van der Waals surface area contributed by atoms with E-state index in [9.17, 15) is 18.0 Å². The molecule has 0 aliphatic rings. The van der Waals surface area contributed by atoms with E-state index in [0.29, 0.717) is 15.3 Å². The third-order valence-corrected chi connectivity index (χ3v) is 3.54. The van der Waals surface area contributed by atoms with E-state index in [0.717, 1.165) is 4.90 Å². The van der Waals surface area contributed by atoms with E-state index in [1.54, 1.807) is 6.07 Å². The number of anilines is 1. The van der Waals surface area contributed by atoms with E-state index in [-0.39, 0.29) is 12.1 Å². The molecular formula is C12H12F3N3OS. The first-order chi connectivity index (χ1) is 9.30. The van der Waals surface area contributed by atoms with E-state index >= 15 is 0 Å². The van der Waals surface area contributed by atoms with Crippen LogP contribution in [0.5, 0.6) is 0 Å². The normalized spacial score (nSPS) is 11.8. The number of nitrogens with zero attached hydrogens (tertiary/aromatic N) is 2. The quantitative estimate of drug-likeness (QED) is 0.948. The Morgan fingerprint density at radius 2 is 2.15 bits per heavy atom. The first kappa shape index (κ1) is 14.6. The molecular weight excluding hydrogens is 291 g/mol. The molecule has 0 bridgehead atoms. The first-order valence-electron chi connectivity index (χ1n) is 5.82. The van der Waals surface area contributed by atoms with Crippen molar-refractivity contribution in [2.45, 2.75) is 13.1 Å². The number of aromatic nitrogens is 1. The van der Waals surface area contributed by atoms with Crippen LogP contribution in [0.25, 0.3) is 10.2 Å². The Labute approximate surface area is 117 Å². The Kier molecular flexibility index (Phi) is 3.85. The summed E-state index contributed by atoms with van der Waals surface area (Å²) in [4.78, 5) is 16.9. The molecule has 0 saturated heterocycles. The third-order valence-electron chi connectivity index (χ3n) is 2.69. The Bertz CT molecular complexity index is 638. The number of thiazole rings is 1. The average molecular weight is 303 g/mol. The van der Waals surface area contributed by atoms with Gasteiger partial charge in [0.2, 0.25) is 0 Å². The van der Waals surface area contributed by atoms with Gasteiger partial charge < -0.3 is 10.6 Å². The van der Waals surface area contributed by atoms with Crippen LogP contribution in [0.2, 0.25) is 0 Å². The summed E-state index contributed by atoms with van der Waals surface area (Å²) >= 11 is 1.19. The molecule has 0 atom stereocenters. The molecule has 108 valence electrons. The van der Waals surface area contributed by atoms with Crippen LogP contribution in [0.15, 0.2) is 18.2 Å². The van der Waals surface area contributed by atoms with Crippen molar-refractivity contribution >= 4 is 32.6 Å². The van der Waals surface area contributed by atoms with Gasteiger partial charge in [0, 0.05) is 12.1 Å². The lowest BCUT2D eigenvalue weighted by molar-refractivity contribution is -0.140. The number of nitrogens with two attached hydrogens (primary N) is 1. The van der Waals surface area contributed by atoms with E-state index in [2.05, 4.69) is 4.98 Å². The SMILES string of the molecule is CCN(CC(F)(F)F)C(=O)c1ccc2nc(N)sc2c1. The predicted molar refractivity (Wildman–Crippen MR) is 71.7 cm³/mol. The standard InChI is InChI=1S/C12H12F3N3OS/c1-2-18(6-12(13,14)15)10(19)7-3-4-8-9(5-7)20-11(16)17-8/h3-5H,2,6H2,1H3,(H2,16,17). The number of carbonyl (C=O) groups is 1. The second kappa shape index (κ2) is 5.28. The summed E-state index contributed by atoms with van der Waals surface area (Å²) in [5, 5.41) is 0.354. The van der Waals surface area contributed by atoms with Crippen LogP contribution in [0, 0.1) is 0 Å². The highest BCUT2D eigenvalue weighted by molar-refractivity contribution is 7.22. The summed E-state index contributed by atoms with van der Waals surface area (Å²) in [7, 11) is 0. The second-order valence-electron chi connectivity index (χ2n) is 4.17. The number of fused-ring (bicyclic) bond motifs is 1. The molecule has 8 heteroatoms. The van der Waals surface area contributed by atoms with Gasteiger partial charge in [-0.3, -0.25) is 4.79 Å². The van der Waals surface area contributed by atoms with Crippen molar-refractivity contribution < 1.29 is 18.0 Å². The van der Waals surface area contributed by atoms with Crippen LogP contribution in [0.3, 0.4) is 0 Å². The van der Waals surface area contributed by atoms with Crippen molar-refractivity contribution in [1.29, 1.82) is 0 Å². The van der Waals surface area contributed by atoms with Gasteiger partial charge in [-0.05, 0) is 25.1 Å². The monoisotopic (exact) mass is 303 g/mol. The van der Waals surface area contributed by atoms with Gasteiger partial charge in [0.1, 0.15) is 6.54 Å². The van der Waals surface area contributed by atoms with Gasteiger partial charge >= 0.3 is 6.18 Å². The fourth-order valence-electron chi connectivity index (χ4n) is 1.80. The zero-order valence-electron chi connectivity index (χ0n) is 10.6. The van der Waals surface area contributed by atoms with Crippen molar-refractivity contribution in [3.8, 4) is 0 Å². The molecule has 0 spiro atoms. The van der Waals surface area contributed by atoms with E-state index in [1.165, 1.54) is 30.4 Å². The van der Waals surface area contributed by atoms with Gasteiger partial charge in [0.15, 0.2) is 5.13 Å². The summed E-state index contributed by atoms with van der Waals surface area (Å²) in [5.74, 6) is -0.654. The van der Waals surface area contributed by atoms with Gasteiger partial charge in [0.25, 0.3) is 5.91 Å². The summed E-state index contributed by atoms with van der Waals surface area (Å²) in [6.07, 6.45) is -4.41. The molecule has 0 unspecified atom stereocenters. The third kappa shape index (κ3) is 3.19. The molecule has 1 aromatic heterocycles. The number of rotatable bonds is 3. The zero-order valence-corrected chi connectivity index (χ0v) is 11.4. The van der Waals surface area contributed by atoms with E-state index in [1.807, 2.05) is 0 Å². The average Bonchev–Trinajstić information content (AvgIpc) is 2.72. The number of halogens is 3. The molecule has 2 aromatic rings. The van der Waals surface area contributed by atoms with Crippen molar-refractivity contribution in [1.82, 2.24) is 9.88 Å². The maximum atomic E-state index is 12.4. The molecule has 4 nitrogen and oxygen atoms in total. The highest BCUT2D eigenvalue weighted by Gasteiger charge is 2.32. The molecule has 2 rings (SSSR count). The Hall–Kier alpha value is -1.83. The van der Waals surface area contributed by atoms with Gasteiger partial charge in [-0.25, -0.2) is 4.98 Å². The molecule has 0 aliphatic carbocycles. The largest absolute Gasteiger partial charge is 0.406 e. The predicted octanol–water partition coefficient (Wildman–Crippen LogP) is 2.90. The summed E-state index contributed by atoms with van der Waals surface area (Å²) < 4.78 is 37.9. The van der Waals surface area contributed by atoms with Crippen molar-refractivity contribution in [2.75, 3.05) is 18.8 Å². The Morgan fingerprint density at radius 1 is 1.45 bits per heavy atom. The van der Waals surface area contributed by atoms with Crippen LogP contribution >= 0.6 is 11.3 Å². The van der Waals surface area contributed by atoms with Crippen LogP contribution in [-0.2, 0) is 0 Å². The summed E-state index contributed by atoms with van der Waals surface area (Å²) in [5.41, 5.74) is 6.38. The minimum absolute atomic E-state index is 0.0127. The lowest BCUT2D eigenvalue weighted by Crippen LogP contribution is -2.38. The summed E-state index contributed by atoms with van der Waals surface area (Å²) in [6.45, 7) is 0.235. The van der Waals surface area contributed by atoms with Gasteiger partial charge in [-0.1, -0.05) is 11.3 Å². The lowest BCUT2D eigenvalue weighted by Gasteiger charge is -2.22. The number of carbonyl (C=O) groups excluding carboxylic acids is 1. The highest BCUT2D eigenvalue weighted by Crippen LogP contribution is 2.25. The smallest absolute Gasteiger partial charge is 0.375 e. The fourth-order valence-corrected chi connectivity index (χ4v) is 2.58. The number of alkyl halides is 3. The fraction of sp³-hybridized carbons (Fsp3) is 0.333. The highest BCUT2D eigenvalue weighted by atomic mass is 32.1. The maximum absolute atomic E-state index is 12.4. The minimum Gasteiger partial charge on any atom is -0.375 e. The van der Waals surface area contributed by atoms with Crippen molar-refractivity contribution in [2.24, 2.45) is 0 Å². The van der Waals surface area contributed by atoms with E-state index in [4.69, 9.17) is 5.73 Å². The Balaban J connectivity index is 2.29. The topological polar surface area (TPSA) is 59.2 Å². The number of hydrogen-bond acceptors (Lipinski definition) is 4. The molecule has 1 aromatic carbocycles. The number of hydrogen-bond donors (Lipinski definition) is 1. The van der Waals surface area contributed by atoms with Crippen LogP contribution in [0.1, 0.15) is 17.3 Å². The second-order valence-corrected chi connectivity index (χ2v) is 5.23. The molecule has 0 radical (unpaired) electrons. The van der Waals surface area contributed by atoms with Gasteiger partial charge in [-0.2, -0.15) is 13.2 Å². The van der Waals surface area contributed by atoms with E-state index < -0.39 is 18.6 Å². The van der Waals surface area contributed by atoms with Crippen LogP contribution in [-0.4, -0.2) is 35.1 Å². The molecule has 0 aliphatic heterocycles. The van der Waals surface area contributed by atoms with Crippen molar-refractivity contribution in [3.63, 3.8) is 0 Å². The zero-order chi connectivity index (χ0) is 14.9. The molecule has 2 N–H and O–H groups in total. The van der Waals surface area contributed by atoms with Crippen LogP contribution < -0.4 is 5.73 Å². The number of nitrogen functional groups attached to an aromatic ring is 1. The first-order valence-corrected chi connectivity index (χ1v) is 6.64. The number of amides is 1. The molecule has 1 amide bonds. The van der Waals surface area contributed by atoms with Gasteiger partial charge in [-0.15, -0.1) is 0 Å².